The van der Waals surface area contributed by atoms with Crippen molar-refractivity contribution in [2.75, 3.05) is 4.90 Å². The van der Waals surface area contributed by atoms with Crippen LogP contribution in [-0.4, -0.2) is 11.9 Å². The van der Waals surface area contributed by atoms with Crippen molar-refractivity contribution in [3.8, 4) is 0 Å². The van der Waals surface area contributed by atoms with Gasteiger partial charge in [0.25, 0.3) is 0 Å². The van der Waals surface area contributed by atoms with Gasteiger partial charge >= 0.3 is 0 Å². The second kappa shape index (κ2) is 4.27. The third-order valence-electron chi connectivity index (χ3n) is 2.14. The molecule has 0 saturated heterocycles. The average Bonchev–Trinajstić information content (AvgIpc) is 2.02. The first-order chi connectivity index (χ1) is 6.52. The summed E-state index contributed by atoms with van der Waals surface area (Å²) < 4.78 is 0. The van der Waals surface area contributed by atoms with E-state index in [9.17, 15) is 4.79 Å². The van der Waals surface area contributed by atoms with E-state index in [-0.39, 0.29) is 11.9 Å². The predicted octanol–water partition coefficient (Wildman–Crippen LogP) is 2.76. The summed E-state index contributed by atoms with van der Waals surface area (Å²) in [6, 6.07) is 8.20. The molecule has 1 aromatic carbocycles. The fraction of sp³-hybridized carbons (Fsp3) is 0.417. The molecule has 0 radical (unpaired) electrons. The Kier molecular flexibility index (Phi) is 3.28. The standard InChI is InChI=1S/C12H17NO/c1-9(2)13(11(4)14)12-7-5-6-10(3)8-12/h5-9H,1-4H3. The zero-order chi connectivity index (χ0) is 10.7. The van der Waals surface area contributed by atoms with Crippen molar-refractivity contribution < 1.29 is 4.79 Å². The van der Waals surface area contributed by atoms with Crippen molar-refractivity contribution in [2.24, 2.45) is 0 Å². The van der Waals surface area contributed by atoms with Gasteiger partial charge in [-0.05, 0) is 38.5 Å². The lowest BCUT2D eigenvalue weighted by atomic mass is 10.2. The first kappa shape index (κ1) is 10.8. The number of aryl methyl sites for hydroxylation is 1. The Hall–Kier alpha value is -1.31. The van der Waals surface area contributed by atoms with E-state index in [1.54, 1.807) is 11.8 Å². The molecule has 0 fully saturated rings. The van der Waals surface area contributed by atoms with Gasteiger partial charge in [0.15, 0.2) is 0 Å². The molecule has 2 heteroatoms. The van der Waals surface area contributed by atoms with E-state index in [0.717, 1.165) is 5.69 Å². The highest BCUT2D eigenvalue weighted by Gasteiger charge is 2.14. The molecule has 0 N–H and O–H groups in total. The second-order valence-corrected chi connectivity index (χ2v) is 3.82. The maximum atomic E-state index is 11.4. The first-order valence-corrected chi connectivity index (χ1v) is 4.89. The molecule has 0 saturated carbocycles. The number of rotatable bonds is 2. The Bertz CT molecular complexity index is 331. The van der Waals surface area contributed by atoms with Crippen molar-refractivity contribution in [3.05, 3.63) is 29.8 Å². The summed E-state index contributed by atoms with van der Waals surface area (Å²) in [6.45, 7) is 7.66. The number of amides is 1. The van der Waals surface area contributed by atoms with Crippen molar-refractivity contribution in [1.29, 1.82) is 0 Å². The normalized spacial score (nSPS) is 10.4. The lowest BCUT2D eigenvalue weighted by Gasteiger charge is -2.25. The van der Waals surface area contributed by atoms with Gasteiger partial charge < -0.3 is 4.90 Å². The molecule has 0 aromatic heterocycles. The minimum absolute atomic E-state index is 0.0885. The second-order valence-electron chi connectivity index (χ2n) is 3.82. The smallest absolute Gasteiger partial charge is 0.224 e. The zero-order valence-electron chi connectivity index (χ0n) is 9.24. The molecule has 0 bridgehead atoms. The molecule has 0 atom stereocenters. The fourth-order valence-electron chi connectivity index (χ4n) is 1.62. The van der Waals surface area contributed by atoms with Crippen LogP contribution in [0.25, 0.3) is 0 Å². The molecular formula is C12H17NO. The number of carbonyl (C=O) groups excluding carboxylic acids is 1. The SMILES string of the molecule is CC(=O)N(c1cccc(C)c1)C(C)C. The minimum Gasteiger partial charge on any atom is -0.310 e. The van der Waals surface area contributed by atoms with Crippen molar-refractivity contribution in [3.63, 3.8) is 0 Å². The summed E-state index contributed by atoms with van der Waals surface area (Å²) in [4.78, 5) is 13.2. The maximum Gasteiger partial charge on any atom is 0.224 e. The molecular weight excluding hydrogens is 174 g/mol. The molecule has 2 nitrogen and oxygen atoms in total. The van der Waals surface area contributed by atoms with Crippen LogP contribution < -0.4 is 4.90 Å². The van der Waals surface area contributed by atoms with E-state index in [1.165, 1.54) is 5.56 Å². The number of anilines is 1. The summed E-state index contributed by atoms with van der Waals surface area (Å²) in [5, 5.41) is 0. The quantitative estimate of drug-likeness (QED) is 0.704. The first-order valence-electron chi connectivity index (χ1n) is 4.89. The Morgan fingerprint density at radius 3 is 2.43 bits per heavy atom. The third kappa shape index (κ3) is 2.34. The molecule has 0 spiro atoms. The van der Waals surface area contributed by atoms with Gasteiger partial charge in [0, 0.05) is 18.7 Å². The van der Waals surface area contributed by atoms with Crippen LogP contribution in [0.3, 0.4) is 0 Å². The van der Waals surface area contributed by atoms with Crippen LogP contribution in [0.15, 0.2) is 24.3 Å². The number of nitrogens with zero attached hydrogens (tertiary/aromatic N) is 1. The van der Waals surface area contributed by atoms with E-state index < -0.39 is 0 Å². The molecule has 1 aromatic rings. The Labute approximate surface area is 85.5 Å². The lowest BCUT2D eigenvalue weighted by molar-refractivity contribution is -0.116. The van der Waals surface area contributed by atoms with Gasteiger partial charge in [-0.2, -0.15) is 0 Å². The Balaban J connectivity index is 3.05. The molecule has 0 heterocycles. The number of hydrogen-bond donors (Lipinski definition) is 0. The average molecular weight is 191 g/mol. The number of carbonyl (C=O) groups is 1. The summed E-state index contributed by atoms with van der Waals surface area (Å²) in [5.41, 5.74) is 2.15. The summed E-state index contributed by atoms with van der Waals surface area (Å²) in [6.07, 6.45) is 0. The van der Waals surface area contributed by atoms with Crippen LogP contribution in [0.5, 0.6) is 0 Å². The van der Waals surface area contributed by atoms with Crippen LogP contribution in [-0.2, 0) is 4.79 Å². The van der Waals surface area contributed by atoms with Gasteiger partial charge in [-0.3, -0.25) is 4.79 Å². The molecule has 76 valence electrons. The third-order valence-corrected chi connectivity index (χ3v) is 2.14. The van der Waals surface area contributed by atoms with Crippen LogP contribution in [0, 0.1) is 6.92 Å². The van der Waals surface area contributed by atoms with Crippen LogP contribution in [0.1, 0.15) is 26.3 Å². The van der Waals surface area contributed by atoms with Gasteiger partial charge in [-0.1, -0.05) is 12.1 Å². The molecule has 14 heavy (non-hydrogen) atoms. The van der Waals surface area contributed by atoms with Crippen molar-refractivity contribution in [2.45, 2.75) is 33.7 Å². The highest BCUT2D eigenvalue weighted by molar-refractivity contribution is 5.92. The highest BCUT2D eigenvalue weighted by atomic mass is 16.2. The van der Waals surface area contributed by atoms with E-state index in [0.29, 0.717) is 0 Å². The van der Waals surface area contributed by atoms with Gasteiger partial charge in [0.2, 0.25) is 5.91 Å². The van der Waals surface area contributed by atoms with Crippen molar-refractivity contribution in [1.82, 2.24) is 0 Å². The topological polar surface area (TPSA) is 20.3 Å². The number of benzene rings is 1. The molecule has 0 aliphatic heterocycles. The van der Waals surface area contributed by atoms with Gasteiger partial charge in [-0.25, -0.2) is 0 Å². The maximum absolute atomic E-state index is 11.4. The lowest BCUT2D eigenvalue weighted by Crippen LogP contribution is -2.35. The van der Waals surface area contributed by atoms with E-state index >= 15 is 0 Å². The predicted molar refractivity (Wildman–Crippen MR) is 59.5 cm³/mol. The number of hydrogen-bond acceptors (Lipinski definition) is 1. The summed E-state index contributed by atoms with van der Waals surface area (Å²) in [7, 11) is 0. The van der Waals surface area contributed by atoms with Gasteiger partial charge in [0.05, 0.1) is 0 Å². The van der Waals surface area contributed by atoms with Gasteiger partial charge in [0.1, 0.15) is 0 Å². The molecule has 1 rings (SSSR count). The highest BCUT2D eigenvalue weighted by Crippen LogP contribution is 2.18. The molecule has 0 unspecified atom stereocenters. The van der Waals surface area contributed by atoms with E-state index in [1.807, 2.05) is 45.0 Å². The fourth-order valence-corrected chi connectivity index (χ4v) is 1.62. The molecule has 0 aliphatic carbocycles. The van der Waals surface area contributed by atoms with Crippen LogP contribution in [0.4, 0.5) is 5.69 Å². The van der Waals surface area contributed by atoms with Crippen LogP contribution >= 0.6 is 0 Å². The van der Waals surface area contributed by atoms with Crippen LogP contribution in [0.2, 0.25) is 0 Å². The Morgan fingerprint density at radius 2 is 2.00 bits per heavy atom. The van der Waals surface area contributed by atoms with E-state index in [2.05, 4.69) is 0 Å². The van der Waals surface area contributed by atoms with Gasteiger partial charge in [-0.15, -0.1) is 0 Å². The molecule has 0 aliphatic rings. The van der Waals surface area contributed by atoms with E-state index in [4.69, 9.17) is 0 Å². The van der Waals surface area contributed by atoms with Crippen molar-refractivity contribution >= 4 is 11.6 Å². The molecule has 1 amide bonds. The minimum atomic E-state index is 0.0885. The zero-order valence-corrected chi connectivity index (χ0v) is 9.24. The Morgan fingerprint density at radius 1 is 1.36 bits per heavy atom. The largest absolute Gasteiger partial charge is 0.310 e. The summed E-state index contributed by atoms with van der Waals surface area (Å²) >= 11 is 0. The monoisotopic (exact) mass is 191 g/mol. The summed E-state index contributed by atoms with van der Waals surface area (Å²) in [5.74, 6) is 0.0885.